The van der Waals surface area contributed by atoms with Gasteiger partial charge in [-0.3, -0.25) is 4.79 Å². The van der Waals surface area contributed by atoms with E-state index in [1.165, 1.54) is 4.68 Å². The minimum Gasteiger partial charge on any atom is -0.497 e. The van der Waals surface area contributed by atoms with Crippen LogP contribution in [-0.4, -0.2) is 49.5 Å². The van der Waals surface area contributed by atoms with Gasteiger partial charge in [-0.15, -0.1) is 12.4 Å². The number of aromatic nitrogens is 2. The zero-order valence-corrected chi connectivity index (χ0v) is 16.7. The van der Waals surface area contributed by atoms with Crippen molar-refractivity contribution in [2.24, 2.45) is 0 Å². The summed E-state index contributed by atoms with van der Waals surface area (Å²) in [6, 6.07) is 13.1. The van der Waals surface area contributed by atoms with Crippen LogP contribution >= 0.6 is 12.4 Å². The van der Waals surface area contributed by atoms with Gasteiger partial charge < -0.3 is 14.4 Å². The molecule has 144 valence electrons. The number of halogens is 1. The van der Waals surface area contributed by atoms with E-state index in [4.69, 9.17) is 9.47 Å². The molecule has 6 nitrogen and oxygen atoms in total. The Bertz CT molecular complexity index is 986. The van der Waals surface area contributed by atoms with Gasteiger partial charge in [-0.25, -0.2) is 4.68 Å². The number of likely N-dealkylation sites (N-methyl/N-ethyl adjacent to an activating group) is 1. The number of hydrogen-bond donors (Lipinski definition) is 0. The number of hydrogen-bond acceptors (Lipinski definition) is 5. The molecule has 0 amide bonds. The first-order chi connectivity index (χ1) is 12.5. The fraction of sp³-hybridized carbons (Fsp3) is 0.300. The van der Waals surface area contributed by atoms with Gasteiger partial charge >= 0.3 is 0 Å². The fourth-order valence-electron chi connectivity index (χ4n) is 2.88. The van der Waals surface area contributed by atoms with Crippen molar-refractivity contribution in [2.75, 3.05) is 34.9 Å². The van der Waals surface area contributed by atoms with Crippen molar-refractivity contribution in [2.45, 2.75) is 6.54 Å². The molecular formula is C20H24ClN3O3. The molecule has 0 radical (unpaired) electrons. The Morgan fingerprint density at radius 2 is 1.78 bits per heavy atom. The second-order valence-electron chi connectivity index (χ2n) is 6.29. The quantitative estimate of drug-likeness (QED) is 0.648. The zero-order valence-electron chi connectivity index (χ0n) is 15.9. The van der Waals surface area contributed by atoms with Crippen LogP contribution in [0.4, 0.5) is 0 Å². The minimum atomic E-state index is -0.108. The molecule has 7 heteroatoms. The van der Waals surface area contributed by atoms with Crippen LogP contribution in [0.25, 0.3) is 22.0 Å². The molecular weight excluding hydrogens is 366 g/mol. The van der Waals surface area contributed by atoms with Crippen LogP contribution in [0.3, 0.4) is 0 Å². The van der Waals surface area contributed by atoms with Gasteiger partial charge in [-0.2, -0.15) is 5.10 Å². The number of ether oxygens (including phenoxy) is 2. The van der Waals surface area contributed by atoms with Crippen molar-refractivity contribution < 1.29 is 9.47 Å². The van der Waals surface area contributed by atoms with E-state index < -0.39 is 0 Å². The summed E-state index contributed by atoms with van der Waals surface area (Å²) >= 11 is 0. The van der Waals surface area contributed by atoms with Gasteiger partial charge in [0.05, 0.1) is 26.2 Å². The maximum absolute atomic E-state index is 12.9. The lowest BCUT2D eigenvalue weighted by atomic mass is 10.0. The van der Waals surface area contributed by atoms with Gasteiger partial charge in [-0.1, -0.05) is 12.1 Å². The van der Waals surface area contributed by atoms with E-state index in [9.17, 15) is 4.79 Å². The maximum atomic E-state index is 12.9. The molecule has 0 aliphatic heterocycles. The third-order valence-corrected chi connectivity index (χ3v) is 4.29. The SMILES string of the molecule is COc1ccc2c(=O)n(CCN(C)C)nc(-c3ccccc3OC)c2c1.Cl. The van der Waals surface area contributed by atoms with Crippen molar-refractivity contribution in [1.82, 2.24) is 14.7 Å². The molecule has 0 aliphatic rings. The summed E-state index contributed by atoms with van der Waals surface area (Å²) in [5.41, 5.74) is 1.43. The first-order valence-electron chi connectivity index (χ1n) is 8.42. The van der Waals surface area contributed by atoms with E-state index in [1.807, 2.05) is 49.3 Å². The summed E-state index contributed by atoms with van der Waals surface area (Å²) in [5.74, 6) is 1.39. The lowest BCUT2D eigenvalue weighted by molar-refractivity contribution is 0.368. The fourth-order valence-corrected chi connectivity index (χ4v) is 2.88. The average Bonchev–Trinajstić information content (AvgIpc) is 2.67. The molecule has 0 spiro atoms. The molecule has 1 aromatic heterocycles. The molecule has 0 bridgehead atoms. The first-order valence-corrected chi connectivity index (χ1v) is 8.42. The van der Waals surface area contributed by atoms with Crippen molar-refractivity contribution in [3.63, 3.8) is 0 Å². The predicted octanol–water partition coefficient (Wildman–Crippen LogP) is 3.06. The van der Waals surface area contributed by atoms with E-state index >= 15 is 0 Å². The van der Waals surface area contributed by atoms with Crippen LogP contribution in [0.5, 0.6) is 11.5 Å². The molecule has 2 aromatic carbocycles. The second-order valence-corrected chi connectivity index (χ2v) is 6.29. The molecule has 27 heavy (non-hydrogen) atoms. The summed E-state index contributed by atoms with van der Waals surface area (Å²) in [4.78, 5) is 14.9. The van der Waals surface area contributed by atoms with Gasteiger partial charge in [-0.05, 0) is 44.4 Å². The third kappa shape index (κ3) is 4.23. The number of benzene rings is 2. The normalized spacial score (nSPS) is 10.7. The molecule has 3 aromatic rings. The molecule has 0 saturated heterocycles. The Balaban J connectivity index is 0.00000261. The number of methoxy groups -OCH3 is 2. The minimum absolute atomic E-state index is 0. The highest BCUT2D eigenvalue weighted by atomic mass is 35.5. The zero-order chi connectivity index (χ0) is 18.7. The molecule has 0 unspecified atom stereocenters. The van der Waals surface area contributed by atoms with Gasteiger partial charge in [0.15, 0.2) is 0 Å². The second kappa shape index (κ2) is 8.88. The topological polar surface area (TPSA) is 56.6 Å². The molecule has 0 aliphatic carbocycles. The molecule has 0 N–H and O–H groups in total. The maximum Gasteiger partial charge on any atom is 0.274 e. The van der Waals surface area contributed by atoms with E-state index in [1.54, 1.807) is 26.4 Å². The van der Waals surface area contributed by atoms with Crippen molar-refractivity contribution >= 4 is 23.2 Å². The van der Waals surface area contributed by atoms with Gasteiger partial charge in [0.1, 0.15) is 17.2 Å². The Labute approximate surface area is 164 Å². The number of nitrogens with zero attached hydrogens (tertiary/aromatic N) is 3. The molecule has 0 saturated carbocycles. The van der Waals surface area contributed by atoms with Crippen molar-refractivity contribution in [1.29, 1.82) is 0 Å². The largest absolute Gasteiger partial charge is 0.497 e. The van der Waals surface area contributed by atoms with Gasteiger partial charge in [0.25, 0.3) is 5.56 Å². The number of para-hydroxylation sites is 1. The average molecular weight is 390 g/mol. The van der Waals surface area contributed by atoms with Crippen LogP contribution in [0, 0.1) is 0 Å². The van der Waals surface area contributed by atoms with Crippen LogP contribution < -0.4 is 15.0 Å². The van der Waals surface area contributed by atoms with E-state index in [-0.39, 0.29) is 18.0 Å². The van der Waals surface area contributed by atoms with E-state index in [2.05, 4.69) is 5.10 Å². The number of fused-ring (bicyclic) bond motifs is 1. The predicted molar refractivity (Wildman–Crippen MR) is 110 cm³/mol. The summed E-state index contributed by atoms with van der Waals surface area (Å²) in [5, 5.41) is 6.03. The summed E-state index contributed by atoms with van der Waals surface area (Å²) in [6.07, 6.45) is 0. The summed E-state index contributed by atoms with van der Waals surface area (Å²) in [6.45, 7) is 1.23. The van der Waals surface area contributed by atoms with Gasteiger partial charge in [0.2, 0.25) is 0 Å². The molecule has 3 rings (SSSR count). The Hall–Kier alpha value is -2.57. The van der Waals surface area contributed by atoms with Crippen LogP contribution in [0.1, 0.15) is 0 Å². The smallest absolute Gasteiger partial charge is 0.274 e. The van der Waals surface area contributed by atoms with Crippen molar-refractivity contribution in [3.8, 4) is 22.8 Å². The molecule has 0 atom stereocenters. The van der Waals surface area contributed by atoms with Crippen molar-refractivity contribution in [3.05, 3.63) is 52.8 Å². The molecule has 0 fully saturated rings. The standard InChI is InChI=1S/C20H23N3O3.ClH/c1-22(2)11-12-23-20(24)15-10-9-14(25-3)13-17(15)19(21-23)16-7-5-6-8-18(16)26-4;/h5-10,13H,11-12H2,1-4H3;1H. The highest BCUT2D eigenvalue weighted by molar-refractivity contribution is 5.96. The summed E-state index contributed by atoms with van der Waals surface area (Å²) < 4.78 is 12.4. The monoisotopic (exact) mass is 389 g/mol. The Morgan fingerprint density at radius 3 is 2.44 bits per heavy atom. The molecule has 1 heterocycles. The van der Waals surface area contributed by atoms with Crippen LogP contribution in [-0.2, 0) is 6.54 Å². The highest BCUT2D eigenvalue weighted by Gasteiger charge is 2.16. The summed E-state index contributed by atoms with van der Waals surface area (Å²) in [7, 11) is 7.18. The lowest BCUT2D eigenvalue weighted by Gasteiger charge is -2.15. The third-order valence-electron chi connectivity index (χ3n) is 4.29. The van der Waals surface area contributed by atoms with Gasteiger partial charge in [0, 0.05) is 17.5 Å². The Morgan fingerprint density at radius 1 is 1.04 bits per heavy atom. The highest BCUT2D eigenvalue weighted by Crippen LogP contribution is 2.33. The van der Waals surface area contributed by atoms with Crippen LogP contribution in [0.2, 0.25) is 0 Å². The lowest BCUT2D eigenvalue weighted by Crippen LogP contribution is -2.29. The first kappa shape index (κ1) is 20.7. The van der Waals surface area contributed by atoms with E-state index in [0.29, 0.717) is 29.1 Å². The Kier molecular flexibility index (Phi) is 6.82. The number of rotatable bonds is 6. The van der Waals surface area contributed by atoms with Crippen LogP contribution in [0.15, 0.2) is 47.3 Å². The van der Waals surface area contributed by atoms with E-state index in [0.717, 1.165) is 17.5 Å².